The SMILES string of the molecule is CCNC(=NCCc1c(C)nn(C)c1C)NC(C)CCc1ccccc1. The zero-order valence-electron chi connectivity index (χ0n) is 16.8. The molecule has 0 fully saturated rings. The number of nitrogens with one attached hydrogen (secondary N) is 2. The van der Waals surface area contributed by atoms with Crippen LogP contribution >= 0.6 is 0 Å². The lowest BCUT2D eigenvalue weighted by Crippen LogP contribution is -2.42. The van der Waals surface area contributed by atoms with Crippen LogP contribution in [0.4, 0.5) is 0 Å². The summed E-state index contributed by atoms with van der Waals surface area (Å²) in [5.74, 6) is 0.896. The summed E-state index contributed by atoms with van der Waals surface area (Å²) in [6, 6.07) is 11.0. The third-order valence-electron chi connectivity index (χ3n) is 4.73. The van der Waals surface area contributed by atoms with Crippen LogP contribution in [0.1, 0.15) is 42.8 Å². The normalized spacial score (nSPS) is 12.9. The second-order valence-corrected chi connectivity index (χ2v) is 6.85. The standard InChI is InChI=1S/C21H33N5/c1-6-22-21(23-15-14-20-17(3)25-26(5)18(20)4)24-16(2)12-13-19-10-8-7-9-11-19/h7-11,16H,6,12-15H2,1-5H3,(H2,22,23,24). The molecule has 2 aromatic rings. The first-order valence-electron chi connectivity index (χ1n) is 9.59. The van der Waals surface area contributed by atoms with E-state index in [0.717, 1.165) is 44.0 Å². The third kappa shape index (κ3) is 5.90. The lowest BCUT2D eigenvalue weighted by Gasteiger charge is -2.18. The number of rotatable bonds is 8. The summed E-state index contributed by atoms with van der Waals surface area (Å²) in [7, 11) is 2.00. The Balaban J connectivity index is 1.87. The van der Waals surface area contributed by atoms with E-state index >= 15 is 0 Å². The summed E-state index contributed by atoms with van der Waals surface area (Å²) in [5.41, 5.74) is 5.02. The van der Waals surface area contributed by atoms with Gasteiger partial charge in [-0.15, -0.1) is 0 Å². The quantitative estimate of drug-likeness (QED) is 0.565. The number of aryl methyl sites for hydroxylation is 3. The van der Waals surface area contributed by atoms with Crippen LogP contribution in [0.5, 0.6) is 0 Å². The van der Waals surface area contributed by atoms with Crippen LogP contribution in [0.25, 0.3) is 0 Å². The molecule has 0 bridgehead atoms. The van der Waals surface area contributed by atoms with Gasteiger partial charge in [-0.2, -0.15) is 5.10 Å². The molecule has 142 valence electrons. The molecule has 5 nitrogen and oxygen atoms in total. The van der Waals surface area contributed by atoms with Gasteiger partial charge < -0.3 is 10.6 Å². The van der Waals surface area contributed by atoms with Crippen molar-refractivity contribution in [3.63, 3.8) is 0 Å². The average molecular weight is 356 g/mol. The van der Waals surface area contributed by atoms with Crippen molar-refractivity contribution < 1.29 is 0 Å². The van der Waals surface area contributed by atoms with Crippen molar-refractivity contribution in [3.8, 4) is 0 Å². The molecule has 0 aliphatic rings. The smallest absolute Gasteiger partial charge is 0.191 e. The van der Waals surface area contributed by atoms with Crippen LogP contribution in [-0.4, -0.2) is 34.9 Å². The Morgan fingerprint density at radius 1 is 1.19 bits per heavy atom. The molecule has 0 amide bonds. The van der Waals surface area contributed by atoms with E-state index in [-0.39, 0.29) is 0 Å². The predicted molar refractivity (Wildman–Crippen MR) is 110 cm³/mol. The topological polar surface area (TPSA) is 54.2 Å². The number of benzene rings is 1. The minimum Gasteiger partial charge on any atom is -0.357 e. The number of hydrogen-bond acceptors (Lipinski definition) is 2. The van der Waals surface area contributed by atoms with E-state index in [1.165, 1.54) is 16.8 Å². The van der Waals surface area contributed by atoms with Crippen LogP contribution < -0.4 is 10.6 Å². The molecule has 2 N–H and O–H groups in total. The van der Waals surface area contributed by atoms with E-state index in [4.69, 9.17) is 4.99 Å². The summed E-state index contributed by atoms with van der Waals surface area (Å²) in [5, 5.41) is 11.4. The van der Waals surface area contributed by atoms with Gasteiger partial charge in [0.2, 0.25) is 0 Å². The summed E-state index contributed by atoms with van der Waals surface area (Å²) < 4.78 is 1.95. The molecule has 0 aliphatic carbocycles. The second kappa shape index (κ2) is 10.00. The van der Waals surface area contributed by atoms with E-state index in [9.17, 15) is 0 Å². The number of aromatic nitrogens is 2. The van der Waals surface area contributed by atoms with E-state index < -0.39 is 0 Å². The summed E-state index contributed by atoms with van der Waals surface area (Å²) in [4.78, 5) is 4.75. The zero-order valence-corrected chi connectivity index (χ0v) is 16.8. The molecule has 1 aromatic carbocycles. The van der Waals surface area contributed by atoms with E-state index in [2.05, 4.69) is 73.8 Å². The molecular formula is C21H33N5. The molecule has 2 rings (SSSR count). The van der Waals surface area contributed by atoms with Crippen molar-refractivity contribution in [2.24, 2.45) is 12.0 Å². The first-order valence-corrected chi connectivity index (χ1v) is 9.59. The van der Waals surface area contributed by atoms with Gasteiger partial charge in [0.25, 0.3) is 0 Å². The molecule has 0 spiro atoms. The molecular weight excluding hydrogens is 322 g/mol. The highest BCUT2D eigenvalue weighted by Crippen LogP contribution is 2.12. The molecule has 1 heterocycles. The average Bonchev–Trinajstić information content (AvgIpc) is 2.87. The Morgan fingerprint density at radius 3 is 2.54 bits per heavy atom. The maximum Gasteiger partial charge on any atom is 0.191 e. The molecule has 0 saturated carbocycles. The van der Waals surface area contributed by atoms with Gasteiger partial charge in [0.15, 0.2) is 5.96 Å². The molecule has 1 unspecified atom stereocenters. The van der Waals surface area contributed by atoms with Crippen LogP contribution in [0, 0.1) is 13.8 Å². The monoisotopic (exact) mass is 355 g/mol. The fourth-order valence-corrected chi connectivity index (χ4v) is 3.11. The molecule has 5 heteroatoms. The third-order valence-corrected chi connectivity index (χ3v) is 4.73. The Kier molecular flexibility index (Phi) is 7.70. The van der Waals surface area contributed by atoms with Crippen LogP contribution in [0.15, 0.2) is 35.3 Å². The van der Waals surface area contributed by atoms with Gasteiger partial charge in [0, 0.05) is 31.9 Å². The number of hydrogen-bond donors (Lipinski definition) is 2. The Labute approximate surface area is 157 Å². The molecule has 0 saturated heterocycles. The van der Waals surface area contributed by atoms with Gasteiger partial charge in [0.1, 0.15) is 0 Å². The number of guanidine groups is 1. The van der Waals surface area contributed by atoms with Crippen molar-refractivity contribution in [1.82, 2.24) is 20.4 Å². The molecule has 26 heavy (non-hydrogen) atoms. The van der Waals surface area contributed by atoms with Crippen LogP contribution in [0.2, 0.25) is 0 Å². The fourth-order valence-electron chi connectivity index (χ4n) is 3.11. The number of aliphatic imine (C=N–C) groups is 1. The Bertz CT molecular complexity index is 703. The van der Waals surface area contributed by atoms with Crippen molar-refractivity contribution in [2.45, 2.75) is 53.0 Å². The van der Waals surface area contributed by atoms with Crippen molar-refractivity contribution >= 4 is 5.96 Å². The van der Waals surface area contributed by atoms with Gasteiger partial charge in [-0.1, -0.05) is 30.3 Å². The summed E-state index contributed by atoms with van der Waals surface area (Å²) in [6.45, 7) is 10.1. The summed E-state index contributed by atoms with van der Waals surface area (Å²) >= 11 is 0. The lowest BCUT2D eigenvalue weighted by atomic mass is 10.1. The molecule has 1 aromatic heterocycles. The minimum atomic E-state index is 0.370. The zero-order chi connectivity index (χ0) is 18.9. The first-order chi connectivity index (χ1) is 12.5. The van der Waals surface area contributed by atoms with Gasteiger partial charge >= 0.3 is 0 Å². The van der Waals surface area contributed by atoms with Crippen molar-refractivity contribution in [2.75, 3.05) is 13.1 Å². The highest BCUT2D eigenvalue weighted by atomic mass is 15.3. The Morgan fingerprint density at radius 2 is 1.92 bits per heavy atom. The Hall–Kier alpha value is -2.30. The van der Waals surface area contributed by atoms with Gasteiger partial charge in [-0.25, -0.2) is 0 Å². The highest BCUT2D eigenvalue weighted by Gasteiger charge is 2.09. The van der Waals surface area contributed by atoms with Crippen LogP contribution in [-0.2, 0) is 19.9 Å². The molecule has 0 radical (unpaired) electrons. The fraction of sp³-hybridized carbons (Fsp3) is 0.524. The van der Waals surface area contributed by atoms with Gasteiger partial charge in [-0.3, -0.25) is 9.67 Å². The maximum absolute atomic E-state index is 4.75. The lowest BCUT2D eigenvalue weighted by molar-refractivity contribution is 0.593. The minimum absolute atomic E-state index is 0.370. The predicted octanol–water partition coefficient (Wildman–Crippen LogP) is 3.16. The molecule has 1 atom stereocenters. The van der Waals surface area contributed by atoms with Gasteiger partial charge in [-0.05, 0) is 58.1 Å². The van der Waals surface area contributed by atoms with E-state index in [0.29, 0.717) is 6.04 Å². The van der Waals surface area contributed by atoms with Crippen molar-refractivity contribution in [3.05, 3.63) is 52.8 Å². The second-order valence-electron chi connectivity index (χ2n) is 6.85. The molecule has 0 aliphatic heterocycles. The largest absolute Gasteiger partial charge is 0.357 e. The first kappa shape index (κ1) is 20.0. The van der Waals surface area contributed by atoms with Gasteiger partial charge in [0.05, 0.1) is 5.69 Å². The highest BCUT2D eigenvalue weighted by molar-refractivity contribution is 5.80. The number of nitrogens with zero attached hydrogens (tertiary/aromatic N) is 3. The van der Waals surface area contributed by atoms with E-state index in [1.807, 2.05) is 11.7 Å². The summed E-state index contributed by atoms with van der Waals surface area (Å²) in [6.07, 6.45) is 3.07. The van der Waals surface area contributed by atoms with Crippen LogP contribution in [0.3, 0.4) is 0 Å². The maximum atomic E-state index is 4.75. The van der Waals surface area contributed by atoms with Crippen molar-refractivity contribution in [1.29, 1.82) is 0 Å². The van der Waals surface area contributed by atoms with E-state index in [1.54, 1.807) is 0 Å².